The van der Waals surface area contributed by atoms with E-state index in [0.717, 1.165) is 25.7 Å². The second-order valence-corrected chi connectivity index (χ2v) is 7.12. The van der Waals surface area contributed by atoms with E-state index in [1.807, 2.05) is 6.92 Å². The fourth-order valence-electron chi connectivity index (χ4n) is 2.33. The first-order chi connectivity index (χ1) is 7.54. The van der Waals surface area contributed by atoms with E-state index in [0.29, 0.717) is 6.54 Å². The van der Waals surface area contributed by atoms with Gasteiger partial charge < -0.3 is 0 Å². The van der Waals surface area contributed by atoms with Crippen LogP contribution in [0.5, 0.6) is 0 Å². The Morgan fingerprint density at radius 2 is 1.88 bits per heavy atom. The fraction of sp³-hybridized carbons (Fsp3) is 1.00. The molecule has 1 fully saturated rings. The molecular formula is C11H22ClNO2S. The third-order valence-corrected chi connectivity index (χ3v) is 6.39. The molecule has 0 spiro atoms. The summed E-state index contributed by atoms with van der Waals surface area (Å²) in [5.74, 6) is 0.172. The Morgan fingerprint density at radius 1 is 1.31 bits per heavy atom. The van der Waals surface area contributed by atoms with Crippen molar-refractivity contribution < 1.29 is 8.42 Å². The Kier molecular flexibility index (Phi) is 5.54. The van der Waals surface area contributed by atoms with Gasteiger partial charge in [-0.3, -0.25) is 0 Å². The van der Waals surface area contributed by atoms with Gasteiger partial charge in [0, 0.05) is 18.5 Å². The molecule has 0 amide bonds. The molecule has 0 aliphatic heterocycles. The molecule has 1 aliphatic rings. The van der Waals surface area contributed by atoms with E-state index in [9.17, 15) is 8.42 Å². The molecule has 0 aromatic rings. The lowest BCUT2D eigenvalue weighted by atomic mass is 9.95. The summed E-state index contributed by atoms with van der Waals surface area (Å²) in [7, 11) is -3.20. The van der Waals surface area contributed by atoms with Gasteiger partial charge in [0.05, 0.1) is 5.25 Å². The van der Waals surface area contributed by atoms with Crippen molar-refractivity contribution in [3.63, 3.8) is 0 Å². The molecule has 3 nitrogen and oxygen atoms in total. The SMILES string of the molecule is CCN(C1CCCCC1)S(=O)(=O)C(C)CCl. The Labute approximate surface area is 104 Å². The molecule has 0 radical (unpaired) electrons. The van der Waals surface area contributed by atoms with Crippen LogP contribution in [0.15, 0.2) is 0 Å². The number of halogens is 1. The van der Waals surface area contributed by atoms with E-state index in [1.165, 1.54) is 6.42 Å². The molecule has 1 atom stereocenters. The third-order valence-electron chi connectivity index (χ3n) is 3.35. The molecular weight excluding hydrogens is 246 g/mol. The van der Waals surface area contributed by atoms with Crippen molar-refractivity contribution in [3.05, 3.63) is 0 Å². The summed E-state index contributed by atoms with van der Waals surface area (Å²) in [6.07, 6.45) is 5.53. The van der Waals surface area contributed by atoms with Gasteiger partial charge in [0.15, 0.2) is 0 Å². The predicted octanol–water partition coefficient (Wildman–Crippen LogP) is 2.60. The smallest absolute Gasteiger partial charge is 0.212 e. The van der Waals surface area contributed by atoms with Gasteiger partial charge in [0.25, 0.3) is 0 Å². The monoisotopic (exact) mass is 267 g/mol. The molecule has 1 rings (SSSR count). The molecule has 0 N–H and O–H groups in total. The summed E-state index contributed by atoms with van der Waals surface area (Å²) in [6, 6.07) is 0.203. The maximum Gasteiger partial charge on any atom is 0.218 e. The number of sulfonamides is 1. The van der Waals surface area contributed by atoms with Crippen molar-refractivity contribution in [3.8, 4) is 0 Å². The van der Waals surface area contributed by atoms with Gasteiger partial charge in [0.1, 0.15) is 0 Å². The molecule has 1 aliphatic carbocycles. The summed E-state index contributed by atoms with van der Waals surface area (Å²) in [4.78, 5) is 0. The van der Waals surface area contributed by atoms with Crippen molar-refractivity contribution in [2.45, 2.75) is 57.2 Å². The largest absolute Gasteiger partial charge is 0.218 e. The van der Waals surface area contributed by atoms with Gasteiger partial charge in [-0.15, -0.1) is 11.6 Å². The molecule has 16 heavy (non-hydrogen) atoms. The van der Waals surface area contributed by atoms with Crippen molar-refractivity contribution >= 4 is 21.6 Å². The average Bonchev–Trinajstić information content (AvgIpc) is 2.30. The van der Waals surface area contributed by atoms with Gasteiger partial charge >= 0.3 is 0 Å². The van der Waals surface area contributed by atoms with Gasteiger partial charge in [-0.1, -0.05) is 26.2 Å². The first-order valence-electron chi connectivity index (χ1n) is 6.10. The Bertz CT molecular complexity index is 299. The van der Waals surface area contributed by atoms with Crippen LogP contribution in [0, 0.1) is 0 Å². The van der Waals surface area contributed by atoms with Crippen LogP contribution in [0.4, 0.5) is 0 Å². The summed E-state index contributed by atoms with van der Waals surface area (Å²) in [5.41, 5.74) is 0. The molecule has 0 bridgehead atoms. The van der Waals surface area contributed by atoms with Gasteiger partial charge in [0.2, 0.25) is 10.0 Å². The molecule has 1 saturated carbocycles. The number of hydrogen-bond acceptors (Lipinski definition) is 2. The van der Waals surface area contributed by atoms with E-state index >= 15 is 0 Å². The van der Waals surface area contributed by atoms with Crippen LogP contribution in [-0.2, 0) is 10.0 Å². The quantitative estimate of drug-likeness (QED) is 0.718. The van der Waals surface area contributed by atoms with Crippen LogP contribution < -0.4 is 0 Å². The fourth-order valence-corrected chi connectivity index (χ4v) is 4.41. The normalized spacial score (nSPS) is 21.2. The molecule has 96 valence electrons. The first kappa shape index (κ1) is 14.3. The highest BCUT2D eigenvalue weighted by Gasteiger charge is 2.33. The van der Waals surface area contributed by atoms with Crippen LogP contribution >= 0.6 is 11.6 Å². The highest BCUT2D eigenvalue weighted by molar-refractivity contribution is 7.89. The van der Waals surface area contributed by atoms with E-state index in [-0.39, 0.29) is 11.9 Å². The van der Waals surface area contributed by atoms with Crippen LogP contribution in [0.1, 0.15) is 46.0 Å². The maximum atomic E-state index is 12.2. The highest BCUT2D eigenvalue weighted by Crippen LogP contribution is 2.26. The molecule has 0 heterocycles. The number of hydrogen-bond donors (Lipinski definition) is 0. The van der Waals surface area contributed by atoms with Crippen molar-refractivity contribution in [1.82, 2.24) is 4.31 Å². The minimum atomic E-state index is -3.20. The number of alkyl halides is 1. The van der Waals surface area contributed by atoms with Crippen molar-refractivity contribution in [2.24, 2.45) is 0 Å². The Hall–Kier alpha value is 0.200. The zero-order chi connectivity index (χ0) is 12.2. The lowest BCUT2D eigenvalue weighted by Crippen LogP contribution is -2.45. The second-order valence-electron chi connectivity index (χ2n) is 4.51. The van der Waals surface area contributed by atoms with Gasteiger partial charge in [-0.05, 0) is 19.8 Å². The third kappa shape index (κ3) is 3.11. The zero-order valence-corrected chi connectivity index (χ0v) is 11.7. The Morgan fingerprint density at radius 3 is 2.31 bits per heavy atom. The summed E-state index contributed by atoms with van der Waals surface area (Å²) >= 11 is 5.67. The first-order valence-corrected chi connectivity index (χ1v) is 8.14. The predicted molar refractivity (Wildman–Crippen MR) is 68.4 cm³/mol. The van der Waals surface area contributed by atoms with Crippen LogP contribution in [0.2, 0.25) is 0 Å². The molecule has 5 heteroatoms. The Balaban J connectivity index is 2.79. The lowest BCUT2D eigenvalue weighted by Gasteiger charge is -2.34. The van der Waals surface area contributed by atoms with E-state index < -0.39 is 15.3 Å². The maximum absolute atomic E-state index is 12.2. The second kappa shape index (κ2) is 6.22. The lowest BCUT2D eigenvalue weighted by molar-refractivity contribution is 0.260. The molecule has 0 aromatic heterocycles. The molecule has 0 aromatic carbocycles. The topological polar surface area (TPSA) is 37.4 Å². The van der Waals surface area contributed by atoms with Crippen molar-refractivity contribution in [2.75, 3.05) is 12.4 Å². The van der Waals surface area contributed by atoms with Crippen LogP contribution in [-0.4, -0.2) is 36.4 Å². The summed E-state index contributed by atoms with van der Waals surface area (Å²) in [5, 5.41) is -0.476. The molecule has 1 unspecified atom stereocenters. The molecule has 0 saturated heterocycles. The van der Waals surface area contributed by atoms with Gasteiger partial charge in [-0.25, -0.2) is 8.42 Å². The van der Waals surface area contributed by atoms with E-state index in [2.05, 4.69) is 0 Å². The minimum Gasteiger partial charge on any atom is -0.212 e. The van der Waals surface area contributed by atoms with Crippen LogP contribution in [0.3, 0.4) is 0 Å². The number of rotatable bonds is 5. The standard InChI is InChI=1S/C11H22ClNO2S/c1-3-13(11-7-5-4-6-8-11)16(14,15)10(2)9-12/h10-11H,3-9H2,1-2H3. The zero-order valence-electron chi connectivity index (χ0n) is 10.2. The van der Waals surface area contributed by atoms with E-state index in [4.69, 9.17) is 11.6 Å². The summed E-state index contributed by atoms with van der Waals surface area (Å²) < 4.78 is 26.1. The summed E-state index contributed by atoms with van der Waals surface area (Å²) in [6.45, 7) is 4.16. The highest BCUT2D eigenvalue weighted by atomic mass is 35.5. The minimum absolute atomic E-state index is 0.172. The average molecular weight is 268 g/mol. The van der Waals surface area contributed by atoms with Gasteiger partial charge in [-0.2, -0.15) is 4.31 Å². The van der Waals surface area contributed by atoms with Crippen molar-refractivity contribution in [1.29, 1.82) is 0 Å². The van der Waals surface area contributed by atoms with Crippen LogP contribution in [0.25, 0.3) is 0 Å². The van der Waals surface area contributed by atoms with E-state index in [1.54, 1.807) is 11.2 Å². The number of nitrogens with zero attached hydrogens (tertiary/aromatic N) is 1.